The molecular weight excluding hydrogens is 607 g/mol. The van der Waals surface area contributed by atoms with Crippen molar-refractivity contribution in [2.24, 2.45) is 0 Å². The van der Waals surface area contributed by atoms with Gasteiger partial charge in [-0.15, -0.1) is 0 Å². The molecule has 0 atom stereocenters. The van der Waals surface area contributed by atoms with Gasteiger partial charge < -0.3 is 0 Å². The first kappa shape index (κ1) is 27.4. The first-order valence-corrected chi connectivity index (χ1v) is 17.2. The van der Waals surface area contributed by atoms with E-state index < -0.39 is 5.41 Å². The summed E-state index contributed by atoms with van der Waals surface area (Å²) in [5.41, 5.74) is 13.3. The summed E-state index contributed by atoms with van der Waals surface area (Å²) in [6.07, 6.45) is 1.92. The van der Waals surface area contributed by atoms with Crippen molar-refractivity contribution in [3.05, 3.63) is 198 Å². The third-order valence-electron chi connectivity index (χ3n) is 10.9. The molecule has 50 heavy (non-hydrogen) atoms. The zero-order valence-electron chi connectivity index (χ0n) is 27.1. The van der Waals surface area contributed by atoms with Crippen LogP contribution in [0, 0.1) is 0 Å². The maximum atomic E-state index is 5.28. The highest BCUT2D eigenvalue weighted by Gasteiger charge is 2.46. The Morgan fingerprint density at radius 2 is 1.14 bits per heavy atom. The van der Waals surface area contributed by atoms with Crippen LogP contribution >= 0.6 is 0 Å². The quantitative estimate of drug-likeness (QED) is 0.181. The molecule has 0 N–H and O–H groups in total. The Morgan fingerprint density at radius 3 is 1.98 bits per heavy atom. The van der Waals surface area contributed by atoms with Crippen molar-refractivity contribution in [1.82, 2.24) is 14.4 Å². The van der Waals surface area contributed by atoms with Crippen LogP contribution in [0.3, 0.4) is 0 Å². The topological polar surface area (TPSA) is 30.2 Å². The summed E-state index contributed by atoms with van der Waals surface area (Å²) in [7, 11) is 0. The van der Waals surface area contributed by atoms with Crippen molar-refractivity contribution < 1.29 is 0 Å². The second-order valence-corrected chi connectivity index (χ2v) is 13.3. The third-order valence-corrected chi connectivity index (χ3v) is 10.9. The number of rotatable bonds is 3. The van der Waals surface area contributed by atoms with Gasteiger partial charge in [0.1, 0.15) is 5.65 Å². The van der Waals surface area contributed by atoms with E-state index in [0.717, 1.165) is 44.2 Å². The second kappa shape index (κ2) is 10.2. The second-order valence-electron chi connectivity index (χ2n) is 13.3. The van der Waals surface area contributed by atoms with Gasteiger partial charge in [-0.2, -0.15) is 0 Å². The summed E-state index contributed by atoms with van der Waals surface area (Å²) in [6, 6.07) is 61.9. The molecule has 7 aromatic carbocycles. The Kier molecular flexibility index (Phi) is 5.59. The summed E-state index contributed by atoms with van der Waals surface area (Å²) in [5.74, 6) is 0. The number of aromatic nitrogens is 3. The van der Waals surface area contributed by atoms with E-state index >= 15 is 0 Å². The number of para-hydroxylation sites is 3. The molecular formula is C47H29N3. The summed E-state index contributed by atoms with van der Waals surface area (Å²) in [6.45, 7) is 0. The summed E-state index contributed by atoms with van der Waals surface area (Å²) in [4.78, 5) is 10.2. The van der Waals surface area contributed by atoms with E-state index in [1.165, 1.54) is 49.5 Å². The number of nitrogens with zero attached hydrogens (tertiary/aromatic N) is 3. The lowest BCUT2D eigenvalue weighted by molar-refractivity contribution is 0.770. The van der Waals surface area contributed by atoms with Gasteiger partial charge in [-0.05, 0) is 80.6 Å². The van der Waals surface area contributed by atoms with Crippen LogP contribution in [-0.2, 0) is 5.41 Å². The Balaban J connectivity index is 1.27. The Hall–Kier alpha value is -6.58. The van der Waals surface area contributed by atoms with Crippen LogP contribution in [0.5, 0.6) is 0 Å². The van der Waals surface area contributed by atoms with Gasteiger partial charge in [0.25, 0.3) is 0 Å². The molecule has 0 spiro atoms. The minimum atomic E-state index is -0.573. The number of fused-ring (bicyclic) bond motifs is 12. The van der Waals surface area contributed by atoms with Gasteiger partial charge in [-0.3, -0.25) is 9.38 Å². The molecule has 0 unspecified atom stereocenters. The maximum Gasteiger partial charge on any atom is 0.146 e. The number of hydrogen-bond acceptors (Lipinski definition) is 2. The number of imidazole rings is 1. The molecule has 1 aliphatic carbocycles. The zero-order chi connectivity index (χ0) is 32.8. The number of benzene rings is 7. The monoisotopic (exact) mass is 635 g/mol. The summed E-state index contributed by atoms with van der Waals surface area (Å²) >= 11 is 0. The van der Waals surface area contributed by atoms with E-state index in [0.29, 0.717) is 0 Å². The standard InChI is InChI=1S/C47H29N3/c1-2-15-34-30(12-1)26-27-48-45(34)31-13-11-14-32(28-31)47(40-19-6-3-16-36(40)37-17-4-7-20-41(37)47)33-24-25-35-38-18-5-9-22-43(38)50-44-23-10-8-21-42(44)49-46(50)39(35)29-33/h1-29H. The van der Waals surface area contributed by atoms with Gasteiger partial charge in [-0.25, -0.2) is 4.98 Å². The van der Waals surface area contributed by atoms with E-state index in [2.05, 4.69) is 174 Å². The molecule has 3 aromatic heterocycles. The highest BCUT2D eigenvalue weighted by Crippen LogP contribution is 2.57. The molecule has 0 amide bonds. The normalized spacial score (nSPS) is 13.4. The van der Waals surface area contributed by atoms with E-state index in [4.69, 9.17) is 9.97 Å². The van der Waals surface area contributed by atoms with Gasteiger partial charge in [0.05, 0.1) is 27.7 Å². The van der Waals surface area contributed by atoms with Crippen LogP contribution < -0.4 is 0 Å². The predicted molar refractivity (Wildman–Crippen MR) is 206 cm³/mol. The molecule has 0 saturated carbocycles. The Morgan fingerprint density at radius 1 is 0.460 bits per heavy atom. The Bertz CT molecular complexity index is 2950. The van der Waals surface area contributed by atoms with Crippen molar-refractivity contribution in [2.45, 2.75) is 5.41 Å². The van der Waals surface area contributed by atoms with E-state index in [1.807, 2.05) is 6.20 Å². The van der Waals surface area contributed by atoms with Gasteiger partial charge in [-0.1, -0.05) is 133 Å². The fraction of sp³-hybridized carbons (Fsp3) is 0.0213. The summed E-state index contributed by atoms with van der Waals surface area (Å²) in [5, 5.41) is 5.91. The smallest absolute Gasteiger partial charge is 0.146 e. The molecule has 0 aliphatic heterocycles. The average Bonchev–Trinajstić information content (AvgIpc) is 3.73. The molecule has 3 heterocycles. The van der Waals surface area contributed by atoms with Gasteiger partial charge in [0.2, 0.25) is 0 Å². The molecule has 0 radical (unpaired) electrons. The molecule has 0 fully saturated rings. The third kappa shape index (κ3) is 3.58. The Labute approximate surface area is 288 Å². The largest absolute Gasteiger partial charge is 0.292 e. The van der Waals surface area contributed by atoms with Crippen LogP contribution in [0.2, 0.25) is 0 Å². The van der Waals surface area contributed by atoms with Gasteiger partial charge >= 0.3 is 0 Å². The molecule has 3 heteroatoms. The van der Waals surface area contributed by atoms with Crippen LogP contribution in [-0.4, -0.2) is 14.4 Å². The molecule has 0 saturated heterocycles. The van der Waals surface area contributed by atoms with Crippen LogP contribution in [0.25, 0.3) is 71.5 Å². The lowest BCUT2D eigenvalue weighted by Gasteiger charge is -2.34. The van der Waals surface area contributed by atoms with Crippen molar-refractivity contribution >= 4 is 49.1 Å². The first-order chi connectivity index (χ1) is 24.8. The van der Waals surface area contributed by atoms with Gasteiger partial charge in [0, 0.05) is 27.9 Å². The van der Waals surface area contributed by atoms with Crippen molar-refractivity contribution in [1.29, 1.82) is 0 Å². The molecule has 10 aromatic rings. The molecule has 1 aliphatic rings. The minimum Gasteiger partial charge on any atom is -0.292 e. The van der Waals surface area contributed by atoms with Gasteiger partial charge in [0.15, 0.2) is 0 Å². The van der Waals surface area contributed by atoms with Crippen molar-refractivity contribution in [3.63, 3.8) is 0 Å². The van der Waals surface area contributed by atoms with Crippen molar-refractivity contribution in [3.8, 4) is 22.4 Å². The van der Waals surface area contributed by atoms with Crippen molar-refractivity contribution in [2.75, 3.05) is 0 Å². The lowest BCUT2D eigenvalue weighted by Crippen LogP contribution is -2.28. The molecule has 11 rings (SSSR count). The average molecular weight is 636 g/mol. The van der Waals surface area contributed by atoms with Crippen LogP contribution in [0.15, 0.2) is 176 Å². The highest BCUT2D eigenvalue weighted by atomic mass is 15.0. The van der Waals surface area contributed by atoms with E-state index in [-0.39, 0.29) is 0 Å². The van der Waals surface area contributed by atoms with E-state index in [1.54, 1.807) is 0 Å². The maximum absolute atomic E-state index is 5.28. The highest BCUT2D eigenvalue weighted by molar-refractivity contribution is 6.14. The lowest BCUT2D eigenvalue weighted by atomic mass is 9.67. The zero-order valence-corrected chi connectivity index (χ0v) is 27.1. The summed E-state index contributed by atoms with van der Waals surface area (Å²) < 4.78 is 2.34. The number of pyridine rings is 2. The minimum absolute atomic E-state index is 0.573. The SMILES string of the molecule is c1cc(-c2nccc3ccccc23)cc(C2(c3ccc4c5ccccc5n5c6ccccc6nc5c4c3)c3ccccc3-c3ccccc32)c1. The molecule has 232 valence electrons. The fourth-order valence-electron chi connectivity index (χ4n) is 8.82. The molecule has 3 nitrogen and oxygen atoms in total. The molecule has 0 bridgehead atoms. The van der Waals surface area contributed by atoms with Crippen LogP contribution in [0.4, 0.5) is 0 Å². The predicted octanol–water partition coefficient (Wildman–Crippen LogP) is 11.4. The first-order valence-electron chi connectivity index (χ1n) is 17.2. The number of hydrogen-bond donors (Lipinski definition) is 0. The van der Waals surface area contributed by atoms with Crippen LogP contribution in [0.1, 0.15) is 22.3 Å². The van der Waals surface area contributed by atoms with E-state index in [9.17, 15) is 0 Å². The fourth-order valence-corrected chi connectivity index (χ4v) is 8.82.